The monoisotopic (exact) mass is 300 g/mol. The largest absolute Gasteiger partial charge is 0.492 e. The van der Waals surface area contributed by atoms with Gasteiger partial charge in [0.05, 0.1) is 12.8 Å². The smallest absolute Gasteiger partial charge is 0.238 e. The Morgan fingerprint density at radius 1 is 1.50 bits per heavy atom. The van der Waals surface area contributed by atoms with E-state index in [4.69, 9.17) is 4.74 Å². The maximum absolute atomic E-state index is 11.6. The molecule has 6 nitrogen and oxygen atoms in total. The van der Waals surface area contributed by atoms with Crippen molar-refractivity contribution >= 4 is 15.7 Å². The van der Waals surface area contributed by atoms with Crippen molar-refractivity contribution < 1.29 is 17.9 Å². The summed E-state index contributed by atoms with van der Waals surface area (Å²) in [6, 6.07) is 3.57. The third-order valence-corrected chi connectivity index (χ3v) is 4.93. The van der Waals surface area contributed by atoms with E-state index >= 15 is 0 Å². The Bertz CT molecular complexity index is 516. The van der Waals surface area contributed by atoms with Gasteiger partial charge in [-0.1, -0.05) is 6.92 Å². The van der Waals surface area contributed by atoms with E-state index in [2.05, 4.69) is 10.3 Å². The first kappa shape index (κ1) is 16.4. The molecule has 0 bridgehead atoms. The molecule has 0 unspecified atom stereocenters. The van der Waals surface area contributed by atoms with Gasteiger partial charge in [0.25, 0.3) is 0 Å². The van der Waals surface area contributed by atoms with E-state index in [9.17, 15) is 13.2 Å². The molecule has 0 aliphatic carbocycles. The summed E-state index contributed by atoms with van der Waals surface area (Å²) in [6.45, 7) is 3.74. The fraction of sp³-hybridized carbons (Fsp3) is 0.538. The van der Waals surface area contributed by atoms with Gasteiger partial charge in [0.2, 0.25) is 5.91 Å². The molecule has 1 N–H and O–H groups in total. The van der Waals surface area contributed by atoms with Gasteiger partial charge >= 0.3 is 0 Å². The molecule has 1 amide bonds. The van der Waals surface area contributed by atoms with Gasteiger partial charge in [-0.05, 0) is 25.5 Å². The first-order chi connectivity index (χ1) is 9.47. The highest BCUT2D eigenvalue weighted by Gasteiger charge is 2.25. The van der Waals surface area contributed by atoms with Gasteiger partial charge in [-0.25, -0.2) is 8.42 Å². The first-order valence-corrected chi connectivity index (χ1v) is 8.21. The van der Waals surface area contributed by atoms with Gasteiger partial charge in [-0.3, -0.25) is 9.78 Å². The second kappa shape index (κ2) is 7.84. The Labute approximate surface area is 119 Å². The Balaban J connectivity index is 2.23. The van der Waals surface area contributed by atoms with Gasteiger partial charge in [0, 0.05) is 18.5 Å². The van der Waals surface area contributed by atoms with E-state index in [0.717, 1.165) is 0 Å². The van der Waals surface area contributed by atoms with E-state index in [1.54, 1.807) is 24.5 Å². The van der Waals surface area contributed by atoms with Crippen molar-refractivity contribution in [3.05, 3.63) is 24.5 Å². The summed E-state index contributed by atoms with van der Waals surface area (Å²) >= 11 is 0. The van der Waals surface area contributed by atoms with Crippen LogP contribution in [0, 0.1) is 0 Å². The molecule has 0 aliphatic rings. The lowest BCUT2D eigenvalue weighted by Crippen LogP contribution is -2.39. The molecule has 20 heavy (non-hydrogen) atoms. The Hall–Kier alpha value is -1.63. The van der Waals surface area contributed by atoms with Crippen LogP contribution in [-0.4, -0.2) is 43.5 Å². The molecule has 0 aliphatic heterocycles. The minimum Gasteiger partial charge on any atom is -0.492 e. The predicted molar refractivity (Wildman–Crippen MR) is 76.3 cm³/mol. The van der Waals surface area contributed by atoms with Crippen LogP contribution < -0.4 is 10.1 Å². The molecule has 0 saturated heterocycles. The minimum absolute atomic E-state index is 0.0360. The van der Waals surface area contributed by atoms with Crippen molar-refractivity contribution in [3.8, 4) is 5.75 Å². The average molecular weight is 300 g/mol. The number of aromatic nitrogens is 1. The quantitative estimate of drug-likeness (QED) is 0.717. The Morgan fingerprint density at radius 2 is 2.25 bits per heavy atom. The molecule has 1 heterocycles. The Kier molecular flexibility index (Phi) is 6.44. The fourth-order valence-corrected chi connectivity index (χ4v) is 2.37. The number of amides is 1. The molecule has 0 saturated carbocycles. The number of carbonyl (C=O) groups excluding carboxylic acids is 1. The molecular formula is C13H20N2O4S. The zero-order valence-corrected chi connectivity index (χ0v) is 12.5. The van der Waals surface area contributed by atoms with Crippen LogP contribution >= 0.6 is 0 Å². The summed E-state index contributed by atoms with van der Waals surface area (Å²) in [7, 11) is -3.33. The van der Waals surface area contributed by atoms with E-state index < -0.39 is 21.0 Å². The molecule has 1 atom stereocenters. The number of sulfone groups is 1. The van der Waals surface area contributed by atoms with Crippen LogP contribution in [0.25, 0.3) is 0 Å². The topological polar surface area (TPSA) is 85.4 Å². The number of ether oxygens (including phenoxy) is 1. The maximum Gasteiger partial charge on any atom is 0.238 e. The van der Waals surface area contributed by atoms with Crippen LogP contribution in [-0.2, 0) is 14.6 Å². The van der Waals surface area contributed by atoms with Gasteiger partial charge in [0.15, 0.2) is 9.84 Å². The number of pyridine rings is 1. The maximum atomic E-state index is 11.6. The van der Waals surface area contributed by atoms with Crippen LogP contribution in [0.15, 0.2) is 24.5 Å². The third kappa shape index (κ3) is 5.16. The number of nitrogens with zero attached hydrogens (tertiary/aromatic N) is 1. The summed E-state index contributed by atoms with van der Waals surface area (Å²) < 4.78 is 28.4. The molecule has 112 valence electrons. The van der Waals surface area contributed by atoms with Gasteiger partial charge in [-0.15, -0.1) is 0 Å². The second-order valence-corrected chi connectivity index (χ2v) is 6.89. The van der Waals surface area contributed by atoms with Crippen LogP contribution in [0.3, 0.4) is 0 Å². The lowest BCUT2D eigenvalue weighted by atomic mass is 10.4. The fourth-order valence-electron chi connectivity index (χ4n) is 1.46. The first-order valence-electron chi connectivity index (χ1n) is 6.49. The number of hydrogen-bond donors (Lipinski definition) is 1. The normalized spacial score (nSPS) is 12.7. The molecule has 1 aromatic rings. The molecule has 0 aromatic carbocycles. The molecular weight excluding hydrogens is 280 g/mol. The highest BCUT2D eigenvalue weighted by atomic mass is 32.2. The summed E-state index contributed by atoms with van der Waals surface area (Å²) in [5.41, 5.74) is 0. The average Bonchev–Trinajstić information content (AvgIpc) is 2.47. The van der Waals surface area contributed by atoms with Gasteiger partial charge in [-0.2, -0.15) is 0 Å². The van der Waals surface area contributed by atoms with E-state index in [1.807, 2.05) is 0 Å². The van der Waals surface area contributed by atoms with Crippen LogP contribution in [0.4, 0.5) is 0 Å². The molecule has 1 aromatic heterocycles. The molecule has 7 heteroatoms. The van der Waals surface area contributed by atoms with Crippen molar-refractivity contribution in [3.63, 3.8) is 0 Å². The zero-order valence-electron chi connectivity index (χ0n) is 11.7. The van der Waals surface area contributed by atoms with E-state index in [-0.39, 0.29) is 5.75 Å². The molecule has 1 rings (SSSR count). The molecule has 0 radical (unpaired) electrons. The lowest BCUT2D eigenvalue weighted by molar-refractivity contribution is -0.120. The minimum atomic E-state index is -3.33. The SMILES string of the molecule is CCS(=O)(=O)[C@H](C)C(=O)NCCCOc1cccnc1. The standard InChI is InChI=1S/C13H20N2O4S/c1-3-20(17,18)11(2)13(16)15-8-5-9-19-12-6-4-7-14-10-12/h4,6-7,10-11H,3,5,8-9H2,1-2H3,(H,15,16)/t11-/m1/s1. The van der Waals surface area contributed by atoms with Crippen molar-refractivity contribution in [1.29, 1.82) is 0 Å². The number of carbonyl (C=O) groups is 1. The Morgan fingerprint density at radius 3 is 2.85 bits per heavy atom. The van der Waals surface area contributed by atoms with Crippen molar-refractivity contribution in [1.82, 2.24) is 10.3 Å². The molecule has 0 fully saturated rings. The van der Waals surface area contributed by atoms with Crippen molar-refractivity contribution in [2.75, 3.05) is 18.9 Å². The van der Waals surface area contributed by atoms with Crippen molar-refractivity contribution in [2.45, 2.75) is 25.5 Å². The summed E-state index contributed by atoms with van der Waals surface area (Å²) in [5, 5.41) is 1.59. The van der Waals surface area contributed by atoms with Crippen molar-refractivity contribution in [2.24, 2.45) is 0 Å². The highest BCUT2D eigenvalue weighted by Crippen LogP contribution is 2.06. The van der Waals surface area contributed by atoms with Gasteiger partial charge < -0.3 is 10.1 Å². The van der Waals surface area contributed by atoms with Crippen LogP contribution in [0.5, 0.6) is 5.75 Å². The van der Waals surface area contributed by atoms with Gasteiger partial charge in [0.1, 0.15) is 11.0 Å². The number of hydrogen-bond acceptors (Lipinski definition) is 5. The lowest BCUT2D eigenvalue weighted by Gasteiger charge is -2.12. The summed E-state index contributed by atoms with van der Waals surface area (Å²) in [6.07, 6.45) is 3.86. The molecule has 0 spiro atoms. The van der Waals surface area contributed by atoms with E-state index in [1.165, 1.54) is 13.8 Å². The number of rotatable bonds is 8. The summed E-state index contributed by atoms with van der Waals surface area (Å²) in [4.78, 5) is 15.6. The van der Waals surface area contributed by atoms with Crippen LogP contribution in [0.2, 0.25) is 0 Å². The highest BCUT2D eigenvalue weighted by molar-refractivity contribution is 7.92. The third-order valence-electron chi connectivity index (χ3n) is 2.83. The second-order valence-electron chi connectivity index (χ2n) is 4.28. The summed E-state index contributed by atoms with van der Waals surface area (Å²) in [5.74, 6) is 0.167. The van der Waals surface area contributed by atoms with E-state index in [0.29, 0.717) is 25.3 Å². The zero-order chi connectivity index (χ0) is 15.0. The number of nitrogens with one attached hydrogen (secondary N) is 1. The predicted octanol–water partition coefficient (Wildman–Crippen LogP) is 0.790. The van der Waals surface area contributed by atoms with Crippen LogP contribution in [0.1, 0.15) is 20.3 Å².